The second kappa shape index (κ2) is 10.2. The Kier molecular flexibility index (Phi) is 7.36. The summed E-state index contributed by atoms with van der Waals surface area (Å²) in [7, 11) is 0. The van der Waals surface area contributed by atoms with Crippen molar-refractivity contribution in [2.24, 2.45) is 11.8 Å². The first kappa shape index (κ1) is 23.1. The van der Waals surface area contributed by atoms with Gasteiger partial charge < -0.3 is 15.3 Å². The summed E-state index contributed by atoms with van der Waals surface area (Å²) in [4.78, 5) is 32.2. The first-order chi connectivity index (χ1) is 15.4. The summed E-state index contributed by atoms with van der Waals surface area (Å²) in [5.74, 6) is 0.630. The molecule has 0 radical (unpaired) electrons. The average Bonchev–Trinajstić information content (AvgIpc) is 3.21. The summed E-state index contributed by atoms with van der Waals surface area (Å²) in [6, 6.07) is 5.61. The van der Waals surface area contributed by atoms with Gasteiger partial charge in [0, 0.05) is 41.2 Å². The molecule has 2 aliphatic rings. The van der Waals surface area contributed by atoms with Gasteiger partial charge in [-0.25, -0.2) is 0 Å². The molecule has 2 N–H and O–H groups in total. The maximum absolute atomic E-state index is 12.7. The van der Waals surface area contributed by atoms with Crippen molar-refractivity contribution in [3.05, 3.63) is 35.0 Å². The topological polar surface area (TPSA) is 82.5 Å². The van der Waals surface area contributed by atoms with Gasteiger partial charge in [0.2, 0.25) is 0 Å². The number of pyridine rings is 1. The number of amides is 1. The Morgan fingerprint density at radius 2 is 2.00 bits per heavy atom. The smallest absolute Gasteiger partial charge is 0.313 e. The lowest BCUT2D eigenvalue weighted by Gasteiger charge is -2.34. The fourth-order valence-electron chi connectivity index (χ4n) is 5.24. The molecule has 1 fully saturated rings. The van der Waals surface area contributed by atoms with E-state index < -0.39 is 5.97 Å². The van der Waals surface area contributed by atoms with Crippen LogP contribution in [0, 0.1) is 11.8 Å². The number of hydrogen-bond donors (Lipinski definition) is 2. The van der Waals surface area contributed by atoms with Gasteiger partial charge in [-0.05, 0) is 68.2 Å². The van der Waals surface area contributed by atoms with E-state index in [-0.39, 0.29) is 11.7 Å². The van der Waals surface area contributed by atoms with E-state index >= 15 is 0 Å². The first-order valence-corrected chi connectivity index (χ1v) is 12.7. The van der Waals surface area contributed by atoms with Crippen LogP contribution in [-0.2, 0) is 17.6 Å². The first-order valence-electron chi connectivity index (χ1n) is 11.7. The highest BCUT2D eigenvalue weighted by molar-refractivity contribution is 8.00. The van der Waals surface area contributed by atoms with E-state index in [2.05, 4.69) is 24.1 Å². The number of likely N-dealkylation sites (tertiary alicyclic amines) is 1. The molecule has 2 aromatic rings. The minimum atomic E-state index is -0.823. The number of hydrogen-bond acceptors (Lipinski definition) is 5. The lowest BCUT2D eigenvalue weighted by molar-refractivity contribution is -0.133. The van der Waals surface area contributed by atoms with Crippen molar-refractivity contribution < 1.29 is 14.7 Å². The van der Waals surface area contributed by atoms with Crippen molar-refractivity contribution in [1.29, 1.82) is 0 Å². The number of carboxylic acid groups (broad SMARTS) is 1. The SMILES string of the molecule is C[C@@H]1C[C@H](C)CN(CCCNC(=O)c2ccc3c(SCC(=O)O)c4c(nc3c2)CCC4)C1. The van der Waals surface area contributed by atoms with Gasteiger partial charge in [0.05, 0.1) is 11.3 Å². The maximum atomic E-state index is 12.7. The minimum Gasteiger partial charge on any atom is -0.481 e. The number of rotatable bonds is 8. The molecule has 7 heteroatoms. The van der Waals surface area contributed by atoms with Gasteiger partial charge in [-0.3, -0.25) is 14.6 Å². The highest BCUT2D eigenvalue weighted by Crippen LogP contribution is 2.37. The van der Waals surface area contributed by atoms with Crippen LogP contribution >= 0.6 is 11.8 Å². The van der Waals surface area contributed by atoms with E-state index in [9.17, 15) is 9.59 Å². The van der Waals surface area contributed by atoms with Gasteiger partial charge in [-0.1, -0.05) is 19.9 Å². The standard InChI is InChI=1S/C25H33N3O3S/c1-16-11-17(2)14-28(13-16)10-4-9-26-25(31)18-7-8-20-22(12-18)27-21-6-3-5-19(21)24(20)32-15-23(29)30/h7-8,12,16-17H,3-6,9-11,13-15H2,1-2H3,(H,26,31)(H,29,30)/t16-,17+. The Morgan fingerprint density at radius 1 is 1.22 bits per heavy atom. The van der Waals surface area contributed by atoms with Crippen molar-refractivity contribution in [2.75, 3.05) is 31.9 Å². The molecule has 0 saturated carbocycles. The monoisotopic (exact) mass is 455 g/mol. The number of benzene rings is 1. The molecule has 1 aliphatic carbocycles. The number of nitrogens with zero attached hydrogens (tertiary/aromatic N) is 2. The average molecular weight is 456 g/mol. The fourth-order valence-corrected chi connectivity index (χ4v) is 6.23. The number of fused-ring (bicyclic) bond motifs is 2. The van der Waals surface area contributed by atoms with Crippen molar-refractivity contribution in [3.8, 4) is 0 Å². The molecule has 2 heterocycles. The predicted octanol–water partition coefficient (Wildman–Crippen LogP) is 4.00. The van der Waals surface area contributed by atoms with E-state index in [1.807, 2.05) is 18.2 Å². The lowest BCUT2D eigenvalue weighted by Crippen LogP contribution is -2.40. The van der Waals surface area contributed by atoms with Gasteiger partial charge in [0.15, 0.2) is 0 Å². The molecule has 1 saturated heterocycles. The predicted molar refractivity (Wildman–Crippen MR) is 128 cm³/mol. The Balaban J connectivity index is 1.40. The third-order valence-corrected chi connectivity index (χ3v) is 7.59. The second-order valence-corrected chi connectivity index (χ2v) is 10.4. The fraction of sp³-hybridized carbons (Fsp3) is 0.560. The summed E-state index contributed by atoms with van der Waals surface area (Å²) in [5, 5.41) is 13.1. The molecule has 2 atom stereocenters. The summed E-state index contributed by atoms with van der Waals surface area (Å²) >= 11 is 1.36. The van der Waals surface area contributed by atoms with Crippen LogP contribution in [0.4, 0.5) is 0 Å². The van der Waals surface area contributed by atoms with Gasteiger partial charge in [0.25, 0.3) is 5.91 Å². The molecule has 0 unspecified atom stereocenters. The minimum absolute atomic E-state index is 0.0301. The van der Waals surface area contributed by atoms with Gasteiger partial charge in [-0.2, -0.15) is 0 Å². The van der Waals surface area contributed by atoms with Gasteiger partial charge >= 0.3 is 5.97 Å². The van der Waals surface area contributed by atoms with Crippen molar-refractivity contribution in [3.63, 3.8) is 0 Å². The number of aliphatic carboxylic acids is 1. The van der Waals surface area contributed by atoms with Crippen LogP contribution in [0.5, 0.6) is 0 Å². The summed E-state index contributed by atoms with van der Waals surface area (Å²) < 4.78 is 0. The zero-order valence-electron chi connectivity index (χ0n) is 19.0. The van der Waals surface area contributed by atoms with Crippen LogP contribution in [0.1, 0.15) is 54.7 Å². The third-order valence-electron chi connectivity index (χ3n) is 6.44. The number of nitrogens with one attached hydrogen (secondary N) is 1. The molecule has 6 nitrogen and oxygen atoms in total. The molecule has 1 aromatic heterocycles. The van der Waals surface area contributed by atoms with Crippen molar-refractivity contribution in [1.82, 2.24) is 15.2 Å². The molecule has 0 spiro atoms. The van der Waals surface area contributed by atoms with E-state index in [1.165, 1.54) is 23.7 Å². The van der Waals surface area contributed by atoms with E-state index in [0.717, 1.165) is 78.6 Å². The molecule has 1 aromatic carbocycles. The van der Waals surface area contributed by atoms with Crippen LogP contribution in [0.2, 0.25) is 0 Å². The largest absolute Gasteiger partial charge is 0.481 e. The molecular weight excluding hydrogens is 422 g/mol. The molecule has 172 valence electrons. The van der Waals surface area contributed by atoms with Gasteiger partial charge in [0.1, 0.15) is 0 Å². The van der Waals surface area contributed by atoms with E-state index in [0.29, 0.717) is 12.1 Å². The third kappa shape index (κ3) is 5.44. The molecule has 32 heavy (non-hydrogen) atoms. The number of carbonyl (C=O) groups is 2. The van der Waals surface area contributed by atoms with Crippen LogP contribution in [0.15, 0.2) is 23.1 Å². The molecule has 1 aliphatic heterocycles. The van der Waals surface area contributed by atoms with Crippen LogP contribution in [-0.4, -0.2) is 58.8 Å². The number of piperidine rings is 1. The van der Waals surface area contributed by atoms with Gasteiger partial charge in [-0.15, -0.1) is 11.8 Å². The highest BCUT2D eigenvalue weighted by Gasteiger charge is 2.22. The molecule has 0 bridgehead atoms. The zero-order chi connectivity index (χ0) is 22.7. The van der Waals surface area contributed by atoms with Crippen LogP contribution < -0.4 is 5.32 Å². The number of carboxylic acids is 1. The number of aryl methyl sites for hydroxylation is 1. The zero-order valence-corrected chi connectivity index (χ0v) is 19.8. The Morgan fingerprint density at radius 3 is 2.75 bits per heavy atom. The second-order valence-electron chi connectivity index (χ2n) is 9.45. The van der Waals surface area contributed by atoms with E-state index in [1.54, 1.807) is 0 Å². The summed E-state index contributed by atoms with van der Waals surface area (Å²) in [6.07, 6.45) is 5.15. The normalized spacial score (nSPS) is 20.9. The van der Waals surface area contributed by atoms with E-state index in [4.69, 9.17) is 10.1 Å². The summed E-state index contributed by atoms with van der Waals surface area (Å²) in [5.41, 5.74) is 3.62. The highest BCUT2D eigenvalue weighted by atomic mass is 32.2. The van der Waals surface area contributed by atoms with Crippen LogP contribution in [0.25, 0.3) is 10.9 Å². The van der Waals surface area contributed by atoms with Crippen molar-refractivity contribution in [2.45, 2.75) is 50.8 Å². The lowest BCUT2D eigenvalue weighted by atomic mass is 9.92. The van der Waals surface area contributed by atoms with Crippen LogP contribution in [0.3, 0.4) is 0 Å². The Bertz CT molecular complexity index is 1000. The number of thioether (sulfide) groups is 1. The maximum Gasteiger partial charge on any atom is 0.313 e. The number of carbonyl (C=O) groups excluding carboxylic acids is 1. The Hall–Kier alpha value is -2.12. The van der Waals surface area contributed by atoms with Crippen molar-refractivity contribution >= 4 is 34.5 Å². The molecule has 1 amide bonds. The summed E-state index contributed by atoms with van der Waals surface area (Å²) in [6.45, 7) is 8.62. The quantitative estimate of drug-likeness (QED) is 0.463. The molecular formula is C25H33N3O3S. The Labute approximate surface area is 194 Å². The number of aromatic nitrogens is 1. The molecule has 4 rings (SSSR count).